The minimum Gasteiger partial charge on any atom is -0.494 e. The number of ether oxygens (including phenoxy) is 3. The maximum absolute atomic E-state index is 5.70. The summed E-state index contributed by atoms with van der Waals surface area (Å²) < 4.78 is 15.8. The molecule has 0 unspecified atom stereocenters. The van der Waals surface area contributed by atoms with E-state index in [1.165, 1.54) is 0 Å². The highest BCUT2D eigenvalue weighted by Gasteiger charge is 1.95. The van der Waals surface area contributed by atoms with Crippen molar-refractivity contribution in [2.75, 3.05) is 33.5 Å². The van der Waals surface area contributed by atoms with Crippen LogP contribution in [0.15, 0.2) is 24.3 Å². The lowest BCUT2D eigenvalue weighted by atomic mass is 10.2. The minimum atomic E-state index is 0.535. The van der Waals surface area contributed by atoms with Gasteiger partial charge in [-0.25, -0.2) is 0 Å². The molecule has 0 radical (unpaired) electrons. The van der Waals surface area contributed by atoms with Crippen molar-refractivity contribution in [1.29, 1.82) is 0 Å². The average molecular weight is 259 g/mol. The third-order valence-electron chi connectivity index (χ3n) is 2.21. The monoisotopic (exact) mass is 258 g/mol. The standard InChI is InChI=1S/C13H19ClO3/c1-15-9-10-16-7-2-8-17-13-5-3-12(11-14)4-6-13/h3-6H,2,7-11H2,1H3. The number of rotatable bonds is 9. The van der Waals surface area contributed by atoms with Crippen molar-refractivity contribution in [2.24, 2.45) is 0 Å². The molecular formula is C13H19ClO3. The van der Waals surface area contributed by atoms with E-state index < -0.39 is 0 Å². The van der Waals surface area contributed by atoms with Crippen LogP contribution in [-0.4, -0.2) is 33.5 Å². The van der Waals surface area contributed by atoms with Crippen LogP contribution in [-0.2, 0) is 15.4 Å². The van der Waals surface area contributed by atoms with Crippen molar-refractivity contribution in [2.45, 2.75) is 12.3 Å². The first kappa shape index (κ1) is 14.3. The predicted molar refractivity (Wildman–Crippen MR) is 68.8 cm³/mol. The van der Waals surface area contributed by atoms with Crippen molar-refractivity contribution < 1.29 is 14.2 Å². The van der Waals surface area contributed by atoms with E-state index in [9.17, 15) is 0 Å². The summed E-state index contributed by atoms with van der Waals surface area (Å²) in [6.07, 6.45) is 0.876. The van der Waals surface area contributed by atoms with Gasteiger partial charge in [-0.3, -0.25) is 0 Å². The third-order valence-corrected chi connectivity index (χ3v) is 2.52. The zero-order valence-corrected chi connectivity index (χ0v) is 10.9. The molecule has 0 heterocycles. The van der Waals surface area contributed by atoms with Crippen molar-refractivity contribution in [1.82, 2.24) is 0 Å². The van der Waals surface area contributed by atoms with Crippen molar-refractivity contribution in [3.05, 3.63) is 29.8 Å². The van der Waals surface area contributed by atoms with E-state index in [0.29, 0.717) is 32.3 Å². The van der Waals surface area contributed by atoms with E-state index in [-0.39, 0.29) is 0 Å². The van der Waals surface area contributed by atoms with Crippen LogP contribution >= 0.6 is 11.6 Å². The summed E-state index contributed by atoms with van der Waals surface area (Å²) in [6.45, 7) is 2.64. The van der Waals surface area contributed by atoms with Gasteiger partial charge in [0.1, 0.15) is 5.75 Å². The first-order chi connectivity index (χ1) is 8.36. The van der Waals surface area contributed by atoms with Gasteiger partial charge >= 0.3 is 0 Å². The SMILES string of the molecule is COCCOCCCOc1ccc(CCl)cc1. The van der Waals surface area contributed by atoms with Crippen LogP contribution in [0.4, 0.5) is 0 Å². The molecule has 1 aromatic rings. The van der Waals surface area contributed by atoms with Gasteiger partial charge in [0.2, 0.25) is 0 Å². The Morgan fingerprint density at radius 3 is 2.41 bits per heavy atom. The zero-order chi connectivity index (χ0) is 12.3. The van der Waals surface area contributed by atoms with E-state index in [2.05, 4.69) is 0 Å². The molecule has 0 N–H and O–H groups in total. The fourth-order valence-corrected chi connectivity index (χ4v) is 1.45. The molecule has 0 fully saturated rings. The van der Waals surface area contributed by atoms with Crippen LogP contribution in [0.5, 0.6) is 5.75 Å². The molecule has 0 aliphatic carbocycles. The van der Waals surface area contributed by atoms with E-state index in [4.69, 9.17) is 25.8 Å². The van der Waals surface area contributed by atoms with Gasteiger partial charge in [0.05, 0.1) is 19.8 Å². The van der Waals surface area contributed by atoms with Crippen LogP contribution < -0.4 is 4.74 Å². The number of halogens is 1. The summed E-state index contributed by atoms with van der Waals surface area (Å²) in [6, 6.07) is 7.81. The van der Waals surface area contributed by atoms with E-state index >= 15 is 0 Å². The highest BCUT2D eigenvalue weighted by molar-refractivity contribution is 6.17. The molecule has 0 saturated carbocycles. The molecule has 17 heavy (non-hydrogen) atoms. The molecular weight excluding hydrogens is 240 g/mol. The van der Waals surface area contributed by atoms with Crippen LogP contribution in [0.25, 0.3) is 0 Å². The molecule has 0 aliphatic rings. The third kappa shape index (κ3) is 6.51. The first-order valence-electron chi connectivity index (χ1n) is 5.71. The van der Waals surface area contributed by atoms with Gasteiger partial charge < -0.3 is 14.2 Å². The van der Waals surface area contributed by atoms with Gasteiger partial charge in [0.15, 0.2) is 0 Å². The van der Waals surface area contributed by atoms with E-state index in [1.54, 1.807) is 7.11 Å². The highest BCUT2D eigenvalue weighted by Crippen LogP contribution is 2.13. The highest BCUT2D eigenvalue weighted by atomic mass is 35.5. The Kier molecular flexibility index (Phi) is 7.80. The Labute approximate surface area is 108 Å². The van der Waals surface area contributed by atoms with Gasteiger partial charge in [0.25, 0.3) is 0 Å². The first-order valence-corrected chi connectivity index (χ1v) is 6.24. The minimum absolute atomic E-state index is 0.535. The summed E-state index contributed by atoms with van der Waals surface area (Å²) in [5, 5.41) is 0. The Hall–Kier alpha value is -0.770. The maximum Gasteiger partial charge on any atom is 0.119 e. The summed E-state index contributed by atoms with van der Waals surface area (Å²) in [4.78, 5) is 0. The van der Waals surface area contributed by atoms with E-state index in [1.807, 2.05) is 24.3 Å². The second-order valence-corrected chi connectivity index (χ2v) is 3.85. The van der Waals surface area contributed by atoms with Crippen molar-refractivity contribution in [3.8, 4) is 5.75 Å². The summed E-state index contributed by atoms with van der Waals surface area (Å²) in [7, 11) is 1.66. The van der Waals surface area contributed by atoms with Gasteiger partial charge in [-0.05, 0) is 17.7 Å². The molecule has 0 aliphatic heterocycles. The quantitative estimate of drug-likeness (QED) is 0.504. The van der Waals surface area contributed by atoms with Gasteiger partial charge in [-0.1, -0.05) is 12.1 Å². The Morgan fingerprint density at radius 2 is 1.76 bits per heavy atom. The molecule has 0 saturated heterocycles. The lowest BCUT2D eigenvalue weighted by molar-refractivity contribution is 0.0644. The van der Waals surface area contributed by atoms with Gasteiger partial charge in [-0.15, -0.1) is 11.6 Å². The normalized spacial score (nSPS) is 10.5. The van der Waals surface area contributed by atoms with Crippen molar-refractivity contribution in [3.63, 3.8) is 0 Å². The molecule has 0 bridgehead atoms. The molecule has 3 nitrogen and oxygen atoms in total. The fourth-order valence-electron chi connectivity index (χ4n) is 1.27. The van der Waals surface area contributed by atoms with Gasteiger partial charge in [-0.2, -0.15) is 0 Å². The molecule has 1 aromatic carbocycles. The Morgan fingerprint density at radius 1 is 1.00 bits per heavy atom. The number of benzene rings is 1. The number of hydrogen-bond donors (Lipinski definition) is 0. The number of hydrogen-bond acceptors (Lipinski definition) is 3. The summed E-state index contributed by atoms with van der Waals surface area (Å²) >= 11 is 5.70. The summed E-state index contributed by atoms with van der Waals surface area (Å²) in [5.41, 5.74) is 1.10. The van der Waals surface area contributed by atoms with Crippen molar-refractivity contribution >= 4 is 11.6 Å². The number of methoxy groups -OCH3 is 1. The second kappa shape index (κ2) is 9.28. The molecule has 0 atom stereocenters. The predicted octanol–water partition coefficient (Wildman–Crippen LogP) is 2.86. The Bertz CT molecular complexity index is 287. The van der Waals surface area contributed by atoms with Crippen LogP contribution in [0.1, 0.15) is 12.0 Å². The molecule has 4 heteroatoms. The largest absolute Gasteiger partial charge is 0.494 e. The fraction of sp³-hybridized carbons (Fsp3) is 0.538. The lowest BCUT2D eigenvalue weighted by Gasteiger charge is -2.07. The molecule has 1 rings (SSSR count). The maximum atomic E-state index is 5.70. The topological polar surface area (TPSA) is 27.7 Å². The average Bonchev–Trinajstić information content (AvgIpc) is 2.38. The van der Waals surface area contributed by atoms with Crippen LogP contribution in [0.3, 0.4) is 0 Å². The van der Waals surface area contributed by atoms with E-state index in [0.717, 1.165) is 17.7 Å². The molecule has 0 aromatic heterocycles. The molecule has 0 spiro atoms. The summed E-state index contributed by atoms with van der Waals surface area (Å²) in [5.74, 6) is 1.41. The lowest BCUT2D eigenvalue weighted by Crippen LogP contribution is -2.06. The molecule has 96 valence electrons. The molecule has 0 amide bonds. The Balaban J connectivity index is 2.05. The second-order valence-electron chi connectivity index (χ2n) is 3.58. The van der Waals surface area contributed by atoms with Crippen LogP contribution in [0, 0.1) is 0 Å². The smallest absolute Gasteiger partial charge is 0.119 e. The zero-order valence-electron chi connectivity index (χ0n) is 10.2. The number of alkyl halides is 1. The van der Waals surface area contributed by atoms with Crippen LogP contribution in [0.2, 0.25) is 0 Å². The van der Waals surface area contributed by atoms with Gasteiger partial charge in [0, 0.05) is 26.0 Å².